The van der Waals surface area contributed by atoms with Gasteiger partial charge in [0.1, 0.15) is 12.4 Å². The molecule has 0 radical (unpaired) electrons. The number of likely N-dealkylation sites (N-methyl/N-ethyl adjacent to an activating group) is 1. The number of hydrogen-bond donors (Lipinski definition) is 2. The van der Waals surface area contributed by atoms with E-state index < -0.39 is 10.0 Å². The molecular weight excluding hydrogens is 397 g/mol. The number of sulfonamides is 1. The van der Waals surface area contributed by atoms with Gasteiger partial charge in [0.05, 0.1) is 25.2 Å². The van der Waals surface area contributed by atoms with E-state index in [4.69, 9.17) is 4.74 Å². The Morgan fingerprint density at radius 2 is 1.86 bits per heavy atom. The van der Waals surface area contributed by atoms with Crippen LogP contribution in [0.2, 0.25) is 0 Å². The lowest BCUT2D eigenvalue weighted by Gasteiger charge is -2.26. The number of carbonyl (C=O) groups is 1. The van der Waals surface area contributed by atoms with Gasteiger partial charge in [0.2, 0.25) is 10.0 Å². The van der Waals surface area contributed by atoms with Crippen LogP contribution < -0.4 is 10.2 Å². The maximum atomic E-state index is 13.3. The molecule has 1 aliphatic heterocycles. The average molecular weight is 423 g/mol. The van der Waals surface area contributed by atoms with E-state index in [1.165, 1.54) is 28.6 Å². The molecule has 29 heavy (non-hydrogen) atoms. The predicted molar refractivity (Wildman–Crippen MR) is 107 cm³/mol. The topological polar surface area (TPSA) is 80.2 Å². The number of amides is 1. The third-order valence-corrected chi connectivity index (χ3v) is 6.52. The molecule has 3 rings (SSSR count). The van der Waals surface area contributed by atoms with Gasteiger partial charge in [-0.05, 0) is 36.4 Å². The fraction of sp³-hybridized carbons (Fsp3) is 0.350. The highest BCUT2D eigenvalue weighted by atomic mass is 32.2. The van der Waals surface area contributed by atoms with E-state index >= 15 is 0 Å². The van der Waals surface area contributed by atoms with Gasteiger partial charge in [0.15, 0.2) is 6.54 Å². The number of anilines is 1. The molecule has 0 spiro atoms. The van der Waals surface area contributed by atoms with E-state index in [1.54, 1.807) is 18.2 Å². The molecule has 2 N–H and O–H groups in total. The summed E-state index contributed by atoms with van der Waals surface area (Å²) in [4.78, 5) is 13.4. The highest BCUT2D eigenvalue weighted by Gasteiger charge is 2.26. The molecule has 1 atom stereocenters. The highest BCUT2D eigenvalue weighted by molar-refractivity contribution is 7.89. The summed E-state index contributed by atoms with van der Waals surface area (Å²) in [7, 11) is -1.71. The van der Waals surface area contributed by atoms with Crippen LogP contribution in [0.3, 0.4) is 0 Å². The van der Waals surface area contributed by atoms with Crippen molar-refractivity contribution >= 4 is 21.6 Å². The molecule has 0 bridgehead atoms. The van der Waals surface area contributed by atoms with Crippen LogP contribution in [0.1, 0.15) is 5.56 Å². The van der Waals surface area contributed by atoms with E-state index in [2.05, 4.69) is 5.32 Å². The second-order valence-electron chi connectivity index (χ2n) is 7.03. The Balaban J connectivity index is 1.55. The van der Waals surface area contributed by atoms with Crippen LogP contribution in [-0.2, 0) is 26.1 Å². The van der Waals surface area contributed by atoms with Crippen molar-refractivity contribution in [1.29, 1.82) is 0 Å². The quantitative estimate of drug-likeness (QED) is 0.681. The summed E-state index contributed by atoms with van der Waals surface area (Å²) in [5.74, 6) is -0.505. The second-order valence-corrected chi connectivity index (χ2v) is 8.97. The monoisotopic (exact) mass is 422 g/mol. The van der Waals surface area contributed by atoms with E-state index in [1.807, 2.05) is 13.1 Å². The molecule has 1 amide bonds. The Morgan fingerprint density at radius 1 is 1.17 bits per heavy atom. The van der Waals surface area contributed by atoms with Crippen LogP contribution >= 0.6 is 0 Å². The van der Waals surface area contributed by atoms with Gasteiger partial charge in [-0.1, -0.05) is 12.1 Å². The second kappa shape index (κ2) is 9.45. The summed E-state index contributed by atoms with van der Waals surface area (Å²) in [6.07, 6.45) is 0. The van der Waals surface area contributed by atoms with Gasteiger partial charge in [-0.2, -0.15) is 4.31 Å². The first kappa shape index (κ1) is 21.4. The maximum Gasteiger partial charge on any atom is 0.279 e. The molecule has 156 valence electrons. The largest absolute Gasteiger partial charge is 0.379 e. The van der Waals surface area contributed by atoms with Crippen LogP contribution in [0, 0.1) is 5.82 Å². The third kappa shape index (κ3) is 5.83. The minimum atomic E-state index is -3.56. The summed E-state index contributed by atoms with van der Waals surface area (Å²) in [6, 6.07) is 12.4. The van der Waals surface area contributed by atoms with Gasteiger partial charge in [-0.25, -0.2) is 12.8 Å². The minimum absolute atomic E-state index is 0.186. The van der Waals surface area contributed by atoms with E-state index in [0.717, 1.165) is 10.5 Å². The molecule has 1 unspecified atom stereocenters. The standard InChI is InChI=1S/C20H24FN3O4S/c1-23(14-16-3-2-4-17(21)13-16)15-20(25)22-18-5-7-19(8-6-18)29(26,27)24-9-11-28-12-10-24/h2-8,13H,9-12,14-15H2,1H3,(H,22,25)/p+1. The number of morpholine rings is 1. The van der Waals surface area contributed by atoms with Crippen molar-refractivity contribution < 1.29 is 27.2 Å². The third-order valence-electron chi connectivity index (χ3n) is 4.60. The molecule has 1 aliphatic rings. The minimum Gasteiger partial charge on any atom is -0.379 e. The lowest BCUT2D eigenvalue weighted by Crippen LogP contribution is -3.08. The Kier molecular flexibility index (Phi) is 6.96. The zero-order chi connectivity index (χ0) is 20.9. The van der Waals surface area contributed by atoms with Crippen molar-refractivity contribution in [3.63, 3.8) is 0 Å². The lowest BCUT2D eigenvalue weighted by molar-refractivity contribution is -0.885. The molecular formula is C20H25FN3O4S+. The number of nitrogens with zero attached hydrogens (tertiary/aromatic N) is 1. The fourth-order valence-electron chi connectivity index (χ4n) is 3.18. The fourth-order valence-corrected chi connectivity index (χ4v) is 4.59. The number of benzene rings is 2. The Labute approximate surface area is 170 Å². The molecule has 1 heterocycles. The Bertz CT molecular complexity index is 944. The van der Waals surface area contributed by atoms with Crippen molar-refractivity contribution in [3.8, 4) is 0 Å². The highest BCUT2D eigenvalue weighted by Crippen LogP contribution is 2.19. The summed E-state index contributed by atoms with van der Waals surface area (Å²) < 4.78 is 45.1. The number of nitrogens with one attached hydrogen (secondary N) is 2. The van der Waals surface area contributed by atoms with Crippen molar-refractivity contribution in [1.82, 2.24) is 4.31 Å². The zero-order valence-corrected chi connectivity index (χ0v) is 17.0. The van der Waals surface area contributed by atoms with Crippen molar-refractivity contribution in [2.75, 3.05) is 45.2 Å². The molecule has 0 aromatic heterocycles. The summed E-state index contributed by atoms with van der Waals surface area (Å²) in [5.41, 5.74) is 1.34. The van der Waals surface area contributed by atoms with E-state index in [0.29, 0.717) is 38.5 Å². The Morgan fingerprint density at radius 3 is 2.52 bits per heavy atom. The van der Waals surface area contributed by atoms with Gasteiger partial charge in [-0.15, -0.1) is 0 Å². The molecule has 0 saturated carbocycles. The van der Waals surface area contributed by atoms with Gasteiger partial charge in [0, 0.05) is 24.3 Å². The summed E-state index contributed by atoms with van der Waals surface area (Å²) >= 11 is 0. The van der Waals surface area contributed by atoms with Gasteiger partial charge >= 0.3 is 0 Å². The van der Waals surface area contributed by atoms with E-state index in [-0.39, 0.29) is 23.2 Å². The summed E-state index contributed by atoms with van der Waals surface area (Å²) in [5, 5.41) is 2.77. The van der Waals surface area contributed by atoms with Crippen LogP contribution in [0.5, 0.6) is 0 Å². The molecule has 1 fully saturated rings. The molecule has 9 heteroatoms. The van der Waals surface area contributed by atoms with Gasteiger partial charge in [0.25, 0.3) is 5.91 Å². The molecule has 2 aromatic rings. The predicted octanol–water partition coefficient (Wildman–Crippen LogP) is 0.500. The smallest absolute Gasteiger partial charge is 0.279 e. The first-order valence-corrected chi connectivity index (χ1v) is 10.8. The van der Waals surface area contributed by atoms with Crippen LogP contribution in [-0.4, -0.2) is 58.5 Å². The number of hydrogen-bond acceptors (Lipinski definition) is 4. The molecule has 1 saturated heterocycles. The van der Waals surface area contributed by atoms with Crippen molar-refractivity contribution in [2.45, 2.75) is 11.4 Å². The number of halogens is 1. The van der Waals surface area contributed by atoms with Crippen LogP contribution in [0.25, 0.3) is 0 Å². The van der Waals surface area contributed by atoms with E-state index in [9.17, 15) is 17.6 Å². The van der Waals surface area contributed by atoms with Crippen molar-refractivity contribution in [3.05, 3.63) is 59.9 Å². The molecule has 0 aliphatic carbocycles. The molecule has 2 aromatic carbocycles. The SMILES string of the molecule is C[NH+](CC(=O)Nc1ccc(S(=O)(=O)N2CCOCC2)cc1)Cc1cccc(F)c1. The first-order chi connectivity index (χ1) is 13.8. The van der Waals surface area contributed by atoms with Gasteiger partial charge < -0.3 is 15.0 Å². The average Bonchev–Trinajstić information content (AvgIpc) is 2.69. The summed E-state index contributed by atoms with van der Waals surface area (Å²) in [6.45, 7) is 2.16. The number of rotatable bonds is 7. The number of carbonyl (C=O) groups excluding carboxylic acids is 1. The van der Waals surface area contributed by atoms with Crippen LogP contribution in [0.4, 0.5) is 10.1 Å². The normalized spacial score (nSPS) is 16.3. The zero-order valence-electron chi connectivity index (χ0n) is 16.2. The number of ether oxygens (including phenoxy) is 1. The van der Waals surface area contributed by atoms with Crippen molar-refractivity contribution in [2.24, 2.45) is 0 Å². The Hall–Kier alpha value is -2.33. The van der Waals surface area contributed by atoms with Crippen LogP contribution in [0.15, 0.2) is 53.4 Å². The number of quaternary nitrogens is 1. The van der Waals surface area contributed by atoms with Gasteiger partial charge in [-0.3, -0.25) is 4.79 Å². The maximum absolute atomic E-state index is 13.3. The lowest BCUT2D eigenvalue weighted by atomic mass is 10.2. The first-order valence-electron chi connectivity index (χ1n) is 9.38. The molecule has 7 nitrogen and oxygen atoms in total.